The van der Waals surface area contributed by atoms with Gasteiger partial charge in [-0.3, -0.25) is 0 Å². The fourth-order valence-electron chi connectivity index (χ4n) is 2.21. The second-order valence-corrected chi connectivity index (χ2v) is 3.95. The van der Waals surface area contributed by atoms with Gasteiger partial charge in [0, 0.05) is 0 Å². The first-order valence-corrected chi connectivity index (χ1v) is 5.16. The van der Waals surface area contributed by atoms with Crippen molar-refractivity contribution < 1.29 is 0 Å². The van der Waals surface area contributed by atoms with Crippen LogP contribution in [0.1, 0.15) is 51.9 Å². The van der Waals surface area contributed by atoms with E-state index in [9.17, 15) is 0 Å². The molecule has 0 aromatic heterocycles. The Bertz CT molecular complexity index is 84.2. The lowest BCUT2D eigenvalue weighted by molar-refractivity contribution is 0.368. The summed E-state index contributed by atoms with van der Waals surface area (Å²) in [4.78, 5) is 0. The maximum atomic E-state index is 4.02. The lowest BCUT2D eigenvalue weighted by Crippen LogP contribution is -2.04. The molecule has 1 saturated carbocycles. The highest BCUT2D eigenvalue weighted by molar-refractivity contribution is 4.71. The minimum Gasteiger partial charge on any atom is -0.0651 e. The lowest BCUT2D eigenvalue weighted by Gasteiger charge is -2.16. The van der Waals surface area contributed by atoms with Gasteiger partial charge in [-0.25, -0.2) is 0 Å². The number of rotatable bonds is 2. The minimum absolute atomic E-state index is 0.947. The molecule has 2 unspecified atom stereocenters. The third-order valence-corrected chi connectivity index (χ3v) is 3.13. The summed E-state index contributed by atoms with van der Waals surface area (Å²) in [6, 6.07) is 0. The SMILES string of the molecule is [CH2]CC1CCCCC(CC)C1. The minimum atomic E-state index is 0.947. The zero-order valence-electron chi connectivity index (χ0n) is 7.81. The van der Waals surface area contributed by atoms with E-state index < -0.39 is 0 Å². The molecule has 1 radical (unpaired) electrons. The molecule has 65 valence electrons. The zero-order valence-corrected chi connectivity index (χ0v) is 7.81. The van der Waals surface area contributed by atoms with E-state index >= 15 is 0 Å². The monoisotopic (exact) mass is 153 g/mol. The van der Waals surface area contributed by atoms with E-state index in [0.717, 1.165) is 18.3 Å². The molecule has 0 bridgehead atoms. The van der Waals surface area contributed by atoms with Crippen LogP contribution >= 0.6 is 0 Å². The van der Waals surface area contributed by atoms with Crippen molar-refractivity contribution in [3.05, 3.63) is 6.92 Å². The zero-order chi connectivity index (χ0) is 8.10. The highest BCUT2D eigenvalue weighted by Gasteiger charge is 2.16. The third kappa shape index (κ3) is 2.84. The van der Waals surface area contributed by atoms with Crippen LogP contribution in [0.5, 0.6) is 0 Å². The lowest BCUT2D eigenvalue weighted by atomic mass is 9.90. The molecule has 1 aliphatic rings. The van der Waals surface area contributed by atoms with Gasteiger partial charge in [-0.15, -0.1) is 0 Å². The van der Waals surface area contributed by atoms with Crippen molar-refractivity contribution in [2.75, 3.05) is 0 Å². The Morgan fingerprint density at radius 2 is 1.82 bits per heavy atom. The van der Waals surface area contributed by atoms with Crippen LogP contribution in [0.25, 0.3) is 0 Å². The van der Waals surface area contributed by atoms with Crippen molar-refractivity contribution in [2.24, 2.45) is 11.8 Å². The van der Waals surface area contributed by atoms with Gasteiger partial charge in [0.05, 0.1) is 0 Å². The normalized spacial score (nSPS) is 33.3. The molecule has 0 nitrogen and oxygen atoms in total. The maximum absolute atomic E-state index is 4.02. The molecule has 0 aromatic rings. The molecular formula is C11H21. The van der Waals surface area contributed by atoms with Crippen LogP contribution in [0.3, 0.4) is 0 Å². The second-order valence-electron chi connectivity index (χ2n) is 3.95. The fourth-order valence-corrected chi connectivity index (χ4v) is 2.21. The molecule has 0 N–H and O–H groups in total. The summed E-state index contributed by atoms with van der Waals surface area (Å²) >= 11 is 0. The molecule has 1 aliphatic carbocycles. The predicted octanol–water partition coefficient (Wildman–Crippen LogP) is 3.82. The summed E-state index contributed by atoms with van der Waals surface area (Å²) in [5, 5.41) is 0. The molecule has 11 heavy (non-hydrogen) atoms. The Balaban J connectivity index is 2.33. The summed E-state index contributed by atoms with van der Waals surface area (Å²) in [6.45, 7) is 6.35. The molecule has 1 rings (SSSR count). The molecule has 1 fully saturated rings. The Morgan fingerprint density at radius 1 is 1.18 bits per heavy atom. The van der Waals surface area contributed by atoms with Gasteiger partial charge in [-0.05, 0) is 18.3 Å². The van der Waals surface area contributed by atoms with Crippen molar-refractivity contribution in [1.82, 2.24) is 0 Å². The first-order valence-electron chi connectivity index (χ1n) is 5.16. The van der Waals surface area contributed by atoms with Gasteiger partial charge in [0.25, 0.3) is 0 Å². The van der Waals surface area contributed by atoms with E-state index in [1.807, 2.05) is 0 Å². The van der Waals surface area contributed by atoms with E-state index in [0.29, 0.717) is 0 Å². The van der Waals surface area contributed by atoms with E-state index in [-0.39, 0.29) is 0 Å². The van der Waals surface area contributed by atoms with Crippen LogP contribution in [0, 0.1) is 18.8 Å². The van der Waals surface area contributed by atoms with E-state index in [4.69, 9.17) is 0 Å². The van der Waals surface area contributed by atoms with E-state index in [2.05, 4.69) is 13.8 Å². The molecule has 0 heterocycles. The Kier molecular flexibility index (Phi) is 3.96. The highest BCUT2D eigenvalue weighted by Crippen LogP contribution is 2.30. The maximum Gasteiger partial charge on any atom is -0.0412 e. The Labute approximate surface area is 71.4 Å². The van der Waals surface area contributed by atoms with E-state index in [1.54, 1.807) is 0 Å². The van der Waals surface area contributed by atoms with Gasteiger partial charge in [0.1, 0.15) is 0 Å². The van der Waals surface area contributed by atoms with Gasteiger partial charge in [-0.1, -0.05) is 52.4 Å². The van der Waals surface area contributed by atoms with E-state index in [1.165, 1.54) is 38.5 Å². The predicted molar refractivity (Wildman–Crippen MR) is 50.3 cm³/mol. The Hall–Kier alpha value is 0. The molecule has 0 spiro atoms. The first-order chi connectivity index (χ1) is 5.36. The molecule has 0 aliphatic heterocycles. The van der Waals surface area contributed by atoms with Gasteiger partial charge < -0.3 is 0 Å². The van der Waals surface area contributed by atoms with Crippen LogP contribution in [0.15, 0.2) is 0 Å². The number of hydrogen-bond donors (Lipinski definition) is 0. The van der Waals surface area contributed by atoms with Crippen molar-refractivity contribution in [3.8, 4) is 0 Å². The first kappa shape index (κ1) is 9.09. The molecule has 0 amide bonds. The van der Waals surface area contributed by atoms with Crippen LogP contribution in [0.4, 0.5) is 0 Å². The smallest absolute Gasteiger partial charge is 0.0412 e. The topological polar surface area (TPSA) is 0 Å². The van der Waals surface area contributed by atoms with Crippen LogP contribution in [-0.2, 0) is 0 Å². The Morgan fingerprint density at radius 3 is 2.36 bits per heavy atom. The molecule has 0 saturated heterocycles. The standard InChI is InChI=1S/C11H21/c1-3-10-7-5-6-8-11(4-2)9-10/h10-11H,1,3-9H2,2H3. The molecule has 2 atom stereocenters. The van der Waals surface area contributed by atoms with Crippen molar-refractivity contribution in [1.29, 1.82) is 0 Å². The fraction of sp³-hybridized carbons (Fsp3) is 0.909. The molecular weight excluding hydrogens is 132 g/mol. The largest absolute Gasteiger partial charge is 0.0651 e. The van der Waals surface area contributed by atoms with Gasteiger partial charge in [0.2, 0.25) is 0 Å². The quantitative estimate of drug-likeness (QED) is 0.529. The number of hydrogen-bond acceptors (Lipinski definition) is 0. The average Bonchev–Trinajstić information content (AvgIpc) is 2.28. The van der Waals surface area contributed by atoms with Gasteiger partial charge >= 0.3 is 0 Å². The third-order valence-electron chi connectivity index (χ3n) is 3.13. The van der Waals surface area contributed by atoms with Crippen LogP contribution in [0.2, 0.25) is 0 Å². The van der Waals surface area contributed by atoms with Gasteiger partial charge in [-0.2, -0.15) is 0 Å². The average molecular weight is 153 g/mol. The molecule has 0 aromatic carbocycles. The van der Waals surface area contributed by atoms with Crippen LogP contribution < -0.4 is 0 Å². The summed E-state index contributed by atoms with van der Waals surface area (Å²) in [7, 11) is 0. The van der Waals surface area contributed by atoms with Crippen molar-refractivity contribution >= 4 is 0 Å². The second kappa shape index (κ2) is 4.79. The van der Waals surface area contributed by atoms with Crippen LogP contribution in [-0.4, -0.2) is 0 Å². The summed E-state index contributed by atoms with van der Waals surface area (Å²) < 4.78 is 0. The van der Waals surface area contributed by atoms with Crippen molar-refractivity contribution in [3.63, 3.8) is 0 Å². The van der Waals surface area contributed by atoms with Gasteiger partial charge in [0.15, 0.2) is 0 Å². The van der Waals surface area contributed by atoms with Crippen molar-refractivity contribution in [2.45, 2.75) is 51.9 Å². The highest BCUT2D eigenvalue weighted by atomic mass is 14.2. The summed E-state index contributed by atoms with van der Waals surface area (Å²) in [6.07, 6.45) is 9.85. The molecule has 0 heteroatoms. The summed E-state index contributed by atoms with van der Waals surface area (Å²) in [5.74, 6) is 1.96. The summed E-state index contributed by atoms with van der Waals surface area (Å²) in [5.41, 5.74) is 0.